The Labute approximate surface area is 167 Å². The molecule has 0 bridgehead atoms. The van der Waals surface area contributed by atoms with Crippen LogP contribution in [0.2, 0.25) is 10.0 Å². The molecule has 4 nitrogen and oxygen atoms in total. The van der Waals surface area contributed by atoms with Gasteiger partial charge in [-0.15, -0.1) is 0 Å². The Balaban J connectivity index is 1.99. The van der Waals surface area contributed by atoms with Gasteiger partial charge >= 0.3 is 0 Å². The van der Waals surface area contributed by atoms with Gasteiger partial charge in [-0.2, -0.15) is 0 Å². The van der Waals surface area contributed by atoms with E-state index < -0.39 is 6.04 Å². The van der Waals surface area contributed by atoms with Crippen molar-refractivity contribution in [2.45, 2.75) is 19.9 Å². The number of amides is 1. The first-order valence-corrected chi connectivity index (χ1v) is 9.13. The summed E-state index contributed by atoms with van der Waals surface area (Å²) >= 11 is 17.8. The number of allylic oxidation sites excluding steroid dienone is 1. The van der Waals surface area contributed by atoms with Gasteiger partial charge in [0.1, 0.15) is 0 Å². The quantitative estimate of drug-likeness (QED) is 0.645. The third-order valence-electron chi connectivity index (χ3n) is 4.12. The normalized spacial score (nSPS) is 16.8. The second-order valence-electron chi connectivity index (χ2n) is 6.03. The van der Waals surface area contributed by atoms with Gasteiger partial charge in [-0.3, -0.25) is 4.79 Å². The van der Waals surface area contributed by atoms with Crippen molar-refractivity contribution in [3.63, 3.8) is 0 Å². The average Bonchev–Trinajstić information content (AvgIpc) is 2.58. The lowest BCUT2D eigenvalue weighted by atomic mass is 9.94. The maximum atomic E-state index is 13.0. The average molecular weight is 406 g/mol. The van der Waals surface area contributed by atoms with Crippen LogP contribution in [0, 0.1) is 6.92 Å². The number of thiocarbonyl (C=S) groups is 1. The number of anilines is 1. The highest BCUT2D eigenvalue weighted by atomic mass is 35.5. The van der Waals surface area contributed by atoms with Crippen LogP contribution in [0.4, 0.5) is 5.69 Å². The van der Waals surface area contributed by atoms with Crippen molar-refractivity contribution in [3.05, 3.63) is 74.9 Å². The topological polar surface area (TPSA) is 53.2 Å². The molecule has 26 heavy (non-hydrogen) atoms. The first-order chi connectivity index (χ1) is 12.4. The number of carbonyl (C=O) groups is 1. The van der Waals surface area contributed by atoms with Gasteiger partial charge in [0.05, 0.1) is 21.7 Å². The lowest BCUT2D eigenvalue weighted by molar-refractivity contribution is -0.113. The van der Waals surface area contributed by atoms with E-state index in [9.17, 15) is 4.79 Å². The molecular weight excluding hydrogens is 389 g/mol. The second kappa shape index (κ2) is 7.66. The molecule has 1 amide bonds. The molecule has 3 rings (SSSR count). The molecule has 0 aromatic heterocycles. The van der Waals surface area contributed by atoms with Crippen LogP contribution >= 0.6 is 35.4 Å². The molecule has 7 heteroatoms. The van der Waals surface area contributed by atoms with Crippen molar-refractivity contribution in [2.75, 3.05) is 5.32 Å². The van der Waals surface area contributed by atoms with Crippen molar-refractivity contribution in [1.82, 2.24) is 10.6 Å². The van der Waals surface area contributed by atoms with Crippen LogP contribution in [-0.2, 0) is 4.79 Å². The summed E-state index contributed by atoms with van der Waals surface area (Å²) in [6.07, 6.45) is 0. The van der Waals surface area contributed by atoms with Crippen molar-refractivity contribution in [1.29, 1.82) is 0 Å². The van der Waals surface area contributed by atoms with Crippen molar-refractivity contribution in [3.8, 4) is 0 Å². The Hall–Kier alpha value is -2.08. The number of benzene rings is 2. The van der Waals surface area contributed by atoms with E-state index in [1.54, 1.807) is 12.1 Å². The SMILES string of the molecule is CC1=C(C(=O)Nc2ccc(C)cc2)C(c2cccc(Cl)c2Cl)NC(=S)N1. The van der Waals surface area contributed by atoms with E-state index in [1.807, 2.05) is 44.2 Å². The van der Waals surface area contributed by atoms with Gasteiger partial charge in [0, 0.05) is 11.4 Å². The summed E-state index contributed by atoms with van der Waals surface area (Å²) < 4.78 is 0. The summed E-state index contributed by atoms with van der Waals surface area (Å²) in [4.78, 5) is 13.0. The molecule has 1 unspecified atom stereocenters. The highest BCUT2D eigenvalue weighted by molar-refractivity contribution is 7.80. The van der Waals surface area contributed by atoms with Crippen LogP contribution in [0.1, 0.15) is 24.1 Å². The Kier molecular flexibility index (Phi) is 5.51. The summed E-state index contributed by atoms with van der Waals surface area (Å²) in [5.74, 6) is -0.241. The molecule has 1 aliphatic heterocycles. The first kappa shape index (κ1) is 18.7. The predicted octanol–water partition coefficient (Wildman–Crippen LogP) is 4.73. The molecule has 2 aromatic carbocycles. The van der Waals surface area contributed by atoms with Gasteiger partial charge in [0.2, 0.25) is 0 Å². The monoisotopic (exact) mass is 405 g/mol. The lowest BCUT2D eigenvalue weighted by Crippen LogP contribution is -2.45. The smallest absolute Gasteiger partial charge is 0.255 e. The van der Waals surface area contributed by atoms with Crippen LogP contribution in [0.5, 0.6) is 0 Å². The van der Waals surface area contributed by atoms with Gasteiger partial charge in [-0.05, 0) is 49.8 Å². The van der Waals surface area contributed by atoms with Gasteiger partial charge in [-0.1, -0.05) is 53.0 Å². The van der Waals surface area contributed by atoms with Crippen LogP contribution in [0.15, 0.2) is 53.7 Å². The van der Waals surface area contributed by atoms with E-state index in [0.29, 0.717) is 37.7 Å². The Morgan fingerprint density at radius 3 is 2.50 bits per heavy atom. The van der Waals surface area contributed by atoms with Crippen LogP contribution in [0.3, 0.4) is 0 Å². The number of aryl methyl sites for hydroxylation is 1. The molecule has 0 fully saturated rings. The number of halogens is 2. The fraction of sp³-hybridized carbons (Fsp3) is 0.158. The highest BCUT2D eigenvalue weighted by Gasteiger charge is 2.31. The van der Waals surface area contributed by atoms with Crippen LogP contribution in [-0.4, -0.2) is 11.0 Å². The summed E-state index contributed by atoms with van der Waals surface area (Å²) in [5, 5.41) is 10.3. The standard InChI is InChI=1S/C19H17Cl2N3OS/c1-10-6-8-12(9-7-10)23-18(25)15-11(2)22-19(26)24-17(15)13-4-3-5-14(20)16(13)21/h3-9,17H,1-2H3,(H,23,25)(H2,22,24,26). The van der Waals surface area contributed by atoms with E-state index in [-0.39, 0.29) is 5.91 Å². The maximum absolute atomic E-state index is 13.0. The lowest BCUT2D eigenvalue weighted by Gasteiger charge is -2.31. The summed E-state index contributed by atoms with van der Waals surface area (Å²) in [5.41, 5.74) is 3.69. The third-order valence-corrected chi connectivity index (χ3v) is 5.17. The molecule has 134 valence electrons. The zero-order valence-electron chi connectivity index (χ0n) is 14.2. The fourth-order valence-corrected chi connectivity index (χ4v) is 3.49. The maximum Gasteiger partial charge on any atom is 0.255 e. The Bertz CT molecular complexity index is 910. The largest absolute Gasteiger partial charge is 0.351 e. The molecule has 0 aliphatic carbocycles. The minimum absolute atomic E-state index is 0.241. The van der Waals surface area contributed by atoms with Gasteiger partial charge in [0.15, 0.2) is 5.11 Å². The van der Waals surface area contributed by atoms with Crippen molar-refractivity contribution in [2.24, 2.45) is 0 Å². The zero-order valence-corrected chi connectivity index (χ0v) is 16.5. The Morgan fingerprint density at radius 1 is 1.12 bits per heavy atom. The third kappa shape index (κ3) is 3.85. The van der Waals surface area contributed by atoms with Gasteiger partial charge in [0.25, 0.3) is 5.91 Å². The molecule has 0 saturated heterocycles. The molecule has 1 aliphatic rings. The van der Waals surface area contributed by atoms with E-state index in [4.69, 9.17) is 35.4 Å². The van der Waals surface area contributed by atoms with E-state index in [1.165, 1.54) is 0 Å². The molecular formula is C19H17Cl2N3OS. The van der Waals surface area contributed by atoms with Gasteiger partial charge in [-0.25, -0.2) is 0 Å². The second-order valence-corrected chi connectivity index (χ2v) is 7.23. The van der Waals surface area contributed by atoms with E-state index in [2.05, 4.69) is 16.0 Å². The zero-order chi connectivity index (χ0) is 18.8. The number of carbonyl (C=O) groups excluding carboxylic acids is 1. The number of hydrogen-bond donors (Lipinski definition) is 3. The first-order valence-electron chi connectivity index (χ1n) is 7.97. The van der Waals surface area contributed by atoms with Crippen molar-refractivity contribution < 1.29 is 4.79 Å². The summed E-state index contributed by atoms with van der Waals surface area (Å²) in [6.45, 7) is 3.80. The Morgan fingerprint density at radius 2 is 1.81 bits per heavy atom. The van der Waals surface area contributed by atoms with E-state index >= 15 is 0 Å². The molecule has 0 radical (unpaired) electrons. The fourth-order valence-electron chi connectivity index (χ4n) is 2.81. The molecule has 3 N–H and O–H groups in total. The highest BCUT2D eigenvalue weighted by Crippen LogP contribution is 2.35. The minimum atomic E-state index is -0.500. The number of hydrogen-bond acceptors (Lipinski definition) is 2. The van der Waals surface area contributed by atoms with Crippen molar-refractivity contribution >= 4 is 52.1 Å². The summed E-state index contributed by atoms with van der Waals surface area (Å²) in [7, 11) is 0. The van der Waals surface area contributed by atoms with E-state index in [0.717, 1.165) is 5.56 Å². The molecule has 1 atom stereocenters. The molecule has 0 spiro atoms. The predicted molar refractivity (Wildman–Crippen MR) is 111 cm³/mol. The van der Waals surface area contributed by atoms with Crippen LogP contribution < -0.4 is 16.0 Å². The summed E-state index contributed by atoms with van der Waals surface area (Å²) in [6, 6.07) is 12.4. The molecule has 2 aromatic rings. The molecule has 1 heterocycles. The number of rotatable bonds is 3. The van der Waals surface area contributed by atoms with Gasteiger partial charge < -0.3 is 16.0 Å². The van der Waals surface area contributed by atoms with Crippen LogP contribution in [0.25, 0.3) is 0 Å². The molecule has 0 saturated carbocycles. The number of nitrogens with one attached hydrogen (secondary N) is 3. The minimum Gasteiger partial charge on any atom is -0.351 e.